The third-order valence-electron chi connectivity index (χ3n) is 4.13. The summed E-state index contributed by atoms with van der Waals surface area (Å²) in [5.41, 5.74) is 1.79. The Hall–Kier alpha value is -2.52. The Morgan fingerprint density at radius 2 is 1.93 bits per heavy atom. The summed E-state index contributed by atoms with van der Waals surface area (Å²) in [7, 11) is 3.38. The Kier molecular flexibility index (Phi) is 6.58. The molecule has 2 aromatic carbocycles. The molecule has 3 rings (SSSR count). The lowest BCUT2D eigenvalue weighted by atomic mass is 10.2. The summed E-state index contributed by atoms with van der Waals surface area (Å²) < 4.78 is 7.61. The van der Waals surface area contributed by atoms with Crippen molar-refractivity contribution in [1.82, 2.24) is 19.8 Å². The number of nitrogens with zero attached hydrogens (tertiary/aromatic N) is 4. The Balaban J connectivity index is 1.64. The van der Waals surface area contributed by atoms with Gasteiger partial charge < -0.3 is 15.5 Å². The third-order valence-corrected chi connectivity index (χ3v) is 5.75. The average molecular weight is 462 g/mol. The number of carbonyl (C=O) groups is 1. The molecule has 0 radical (unpaired) electrons. The largest absolute Gasteiger partial charge is 0.496 e. The lowest BCUT2D eigenvalue weighted by molar-refractivity contribution is -0.127. The van der Waals surface area contributed by atoms with Crippen LogP contribution in [-0.2, 0) is 11.3 Å². The quantitative estimate of drug-likeness (QED) is 0.429. The van der Waals surface area contributed by atoms with Gasteiger partial charge in [0.2, 0.25) is 11.1 Å². The Labute approximate surface area is 176 Å². The molecule has 0 unspecified atom stereocenters. The van der Waals surface area contributed by atoms with Gasteiger partial charge in [0.05, 0.1) is 12.9 Å². The summed E-state index contributed by atoms with van der Waals surface area (Å²) in [6, 6.07) is 15.3. The molecule has 0 atom stereocenters. The first-order valence-electron chi connectivity index (χ1n) is 8.45. The number of methoxy groups -OCH3 is 1. The molecule has 2 N–H and O–H groups in total. The second-order valence-corrected chi connectivity index (χ2v) is 7.80. The summed E-state index contributed by atoms with van der Waals surface area (Å²) in [4.78, 5) is 14.2. The van der Waals surface area contributed by atoms with Crippen molar-refractivity contribution in [3.05, 3.63) is 58.6 Å². The zero-order valence-corrected chi connectivity index (χ0v) is 17.9. The molecule has 0 aliphatic rings. The Morgan fingerprint density at radius 1 is 1.21 bits per heavy atom. The Morgan fingerprint density at radius 3 is 2.68 bits per heavy atom. The van der Waals surface area contributed by atoms with Crippen LogP contribution in [0.3, 0.4) is 0 Å². The predicted molar refractivity (Wildman–Crippen MR) is 114 cm³/mol. The Bertz CT molecular complexity index is 978. The molecule has 0 aliphatic carbocycles. The number of halogens is 1. The maximum atomic E-state index is 12.5. The summed E-state index contributed by atoms with van der Waals surface area (Å²) in [5, 5.41) is 8.75. The highest BCUT2D eigenvalue weighted by atomic mass is 79.9. The molecule has 146 valence electrons. The molecule has 1 aromatic heterocycles. The van der Waals surface area contributed by atoms with Crippen molar-refractivity contribution in [2.24, 2.45) is 0 Å². The molecular formula is C19H20BrN5O2S. The van der Waals surface area contributed by atoms with Gasteiger partial charge in [-0.25, -0.2) is 4.68 Å². The standard InChI is InChI=1S/C19H20BrN5O2S/c1-24(11-13-7-3-6-10-16(13)27-2)17(26)12-28-19-23-22-18(25(19)21)14-8-4-5-9-15(14)20/h3-10H,11-12,21H2,1-2H3. The molecule has 0 spiro atoms. The lowest BCUT2D eigenvalue weighted by Gasteiger charge is -2.18. The molecule has 0 fully saturated rings. The van der Waals surface area contributed by atoms with Gasteiger partial charge in [-0.1, -0.05) is 58.0 Å². The number of thioether (sulfide) groups is 1. The van der Waals surface area contributed by atoms with Crippen LogP contribution in [-0.4, -0.2) is 45.6 Å². The first-order chi connectivity index (χ1) is 13.5. The van der Waals surface area contributed by atoms with Crippen LogP contribution in [0.2, 0.25) is 0 Å². The van der Waals surface area contributed by atoms with Gasteiger partial charge in [0.15, 0.2) is 5.82 Å². The van der Waals surface area contributed by atoms with E-state index in [0.29, 0.717) is 17.5 Å². The zero-order valence-electron chi connectivity index (χ0n) is 15.5. The van der Waals surface area contributed by atoms with Crippen LogP contribution in [0, 0.1) is 0 Å². The number of nitrogen functional groups attached to an aromatic ring is 1. The molecule has 3 aromatic rings. The summed E-state index contributed by atoms with van der Waals surface area (Å²) in [5.74, 6) is 7.59. The van der Waals surface area contributed by atoms with Gasteiger partial charge in [-0.2, -0.15) is 0 Å². The van der Waals surface area contributed by atoms with Crippen LogP contribution in [0.1, 0.15) is 5.56 Å². The van der Waals surface area contributed by atoms with E-state index in [1.807, 2.05) is 48.5 Å². The molecule has 9 heteroatoms. The van der Waals surface area contributed by atoms with E-state index in [0.717, 1.165) is 21.3 Å². The number of para-hydroxylation sites is 1. The van der Waals surface area contributed by atoms with E-state index in [-0.39, 0.29) is 11.7 Å². The number of nitrogens with two attached hydrogens (primary N) is 1. The fraction of sp³-hybridized carbons (Fsp3) is 0.211. The van der Waals surface area contributed by atoms with Crippen molar-refractivity contribution in [2.45, 2.75) is 11.7 Å². The fourth-order valence-electron chi connectivity index (χ4n) is 2.62. The van der Waals surface area contributed by atoms with Crippen molar-refractivity contribution in [3.63, 3.8) is 0 Å². The van der Waals surface area contributed by atoms with Crippen molar-refractivity contribution in [1.29, 1.82) is 0 Å². The van der Waals surface area contributed by atoms with Gasteiger partial charge in [-0.15, -0.1) is 10.2 Å². The number of hydrogen-bond acceptors (Lipinski definition) is 6. The van der Waals surface area contributed by atoms with Crippen LogP contribution in [0.4, 0.5) is 0 Å². The first kappa shape index (κ1) is 20.2. The van der Waals surface area contributed by atoms with Crippen LogP contribution in [0.5, 0.6) is 5.75 Å². The second kappa shape index (κ2) is 9.11. The highest BCUT2D eigenvalue weighted by Gasteiger charge is 2.17. The molecule has 7 nitrogen and oxygen atoms in total. The molecule has 0 bridgehead atoms. The number of ether oxygens (including phenoxy) is 1. The van der Waals surface area contributed by atoms with E-state index in [2.05, 4.69) is 26.1 Å². The van der Waals surface area contributed by atoms with Crippen molar-refractivity contribution in [2.75, 3.05) is 25.8 Å². The van der Waals surface area contributed by atoms with Crippen LogP contribution in [0.15, 0.2) is 58.2 Å². The van der Waals surface area contributed by atoms with Crippen LogP contribution < -0.4 is 10.6 Å². The maximum absolute atomic E-state index is 12.5. The summed E-state index contributed by atoms with van der Waals surface area (Å²) in [6.07, 6.45) is 0. The van der Waals surface area contributed by atoms with E-state index in [1.165, 1.54) is 16.4 Å². The number of rotatable bonds is 7. The number of benzene rings is 2. The van der Waals surface area contributed by atoms with E-state index < -0.39 is 0 Å². The lowest BCUT2D eigenvalue weighted by Crippen LogP contribution is -2.28. The SMILES string of the molecule is COc1ccccc1CN(C)C(=O)CSc1nnc(-c2ccccc2Br)n1N. The fourth-order valence-corrected chi connectivity index (χ4v) is 3.87. The molecule has 28 heavy (non-hydrogen) atoms. The zero-order chi connectivity index (χ0) is 20.1. The minimum Gasteiger partial charge on any atom is -0.496 e. The molecular weight excluding hydrogens is 442 g/mol. The minimum absolute atomic E-state index is 0.0404. The van der Waals surface area contributed by atoms with Gasteiger partial charge in [-0.05, 0) is 18.2 Å². The van der Waals surface area contributed by atoms with Crippen molar-refractivity contribution in [3.8, 4) is 17.1 Å². The number of amides is 1. The summed E-state index contributed by atoms with van der Waals surface area (Å²) in [6.45, 7) is 0.459. The molecule has 1 amide bonds. The van der Waals surface area contributed by atoms with E-state index in [1.54, 1.807) is 19.1 Å². The molecule has 0 aliphatic heterocycles. The van der Waals surface area contributed by atoms with Gasteiger partial charge >= 0.3 is 0 Å². The van der Waals surface area contributed by atoms with Gasteiger partial charge in [0.25, 0.3) is 0 Å². The average Bonchev–Trinajstić information content (AvgIpc) is 3.07. The normalized spacial score (nSPS) is 10.7. The van der Waals surface area contributed by atoms with E-state index in [4.69, 9.17) is 10.6 Å². The highest BCUT2D eigenvalue weighted by molar-refractivity contribution is 9.10. The monoisotopic (exact) mass is 461 g/mol. The third kappa shape index (κ3) is 4.48. The maximum Gasteiger partial charge on any atom is 0.233 e. The number of carbonyl (C=O) groups excluding carboxylic acids is 1. The van der Waals surface area contributed by atoms with Crippen LogP contribution >= 0.6 is 27.7 Å². The number of hydrogen-bond donors (Lipinski definition) is 1. The number of aromatic nitrogens is 3. The minimum atomic E-state index is -0.0404. The molecule has 1 heterocycles. The predicted octanol–water partition coefficient (Wildman–Crippen LogP) is 3.18. The van der Waals surface area contributed by atoms with Gasteiger partial charge in [0.1, 0.15) is 5.75 Å². The van der Waals surface area contributed by atoms with E-state index in [9.17, 15) is 4.79 Å². The smallest absolute Gasteiger partial charge is 0.233 e. The van der Waals surface area contributed by atoms with Crippen molar-refractivity contribution < 1.29 is 9.53 Å². The van der Waals surface area contributed by atoms with Gasteiger partial charge in [0, 0.05) is 29.2 Å². The molecule has 0 saturated carbocycles. The van der Waals surface area contributed by atoms with E-state index >= 15 is 0 Å². The van der Waals surface area contributed by atoms with Crippen LogP contribution in [0.25, 0.3) is 11.4 Å². The first-order valence-corrected chi connectivity index (χ1v) is 10.2. The summed E-state index contributed by atoms with van der Waals surface area (Å²) >= 11 is 4.74. The highest BCUT2D eigenvalue weighted by Crippen LogP contribution is 2.28. The molecule has 0 saturated heterocycles. The topological polar surface area (TPSA) is 86.3 Å². The van der Waals surface area contributed by atoms with Crippen molar-refractivity contribution >= 4 is 33.6 Å². The van der Waals surface area contributed by atoms with Gasteiger partial charge in [-0.3, -0.25) is 4.79 Å². The second-order valence-electron chi connectivity index (χ2n) is 6.01.